The molecule has 0 fully saturated rings. The van der Waals surface area contributed by atoms with E-state index in [1.165, 1.54) is 66.1 Å². The highest BCUT2D eigenvalue weighted by atomic mass is 15.2. The summed E-state index contributed by atoms with van der Waals surface area (Å²) in [7, 11) is 0. The summed E-state index contributed by atoms with van der Waals surface area (Å²) in [6.07, 6.45) is 3.45. The van der Waals surface area contributed by atoms with Crippen molar-refractivity contribution < 1.29 is 0 Å². The Morgan fingerprint density at radius 2 is 1.09 bits per heavy atom. The number of hydrogen-bond donors (Lipinski definition) is 0. The quantitative estimate of drug-likeness (QED) is 0.179. The van der Waals surface area contributed by atoms with Crippen molar-refractivity contribution in [2.24, 2.45) is 0 Å². The highest BCUT2D eigenvalue weighted by Gasteiger charge is 2.53. The number of hydrogen-bond acceptors (Lipinski definition) is 4. The van der Waals surface area contributed by atoms with Crippen LogP contribution in [-0.4, -0.2) is 24.5 Å². The van der Waals surface area contributed by atoms with Gasteiger partial charge in [0.25, 0.3) is 0 Å². The van der Waals surface area contributed by atoms with Gasteiger partial charge >= 0.3 is 0 Å². The van der Waals surface area contributed by atoms with Gasteiger partial charge in [0.05, 0.1) is 16.4 Å². The fraction of sp³-hybridized carbons (Fsp3) is 0.0196. The first-order chi connectivity index (χ1) is 27.8. The van der Waals surface area contributed by atoms with E-state index in [-0.39, 0.29) is 0 Å². The van der Waals surface area contributed by atoms with Crippen molar-refractivity contribution in [2.75, 3.05) is 0 Å². The first kappa shape index (κ1) is 29.9. The van der Waals surface area contributed by atoms with Gasteiger partial charge in [-0.05, 0) is 72.6 Å². The van der Waals surface area contributed by atoms with Gasteiger partial charge in [-0.1, -0.05) is 152 Å². The van der Waals surface area contributed by atoms with E-state index < -0.39 is 5.41 Å². The molecular weight excluding hydrogens is 683 g/mol. The first-order valence-corrected chi connectivity index (χ1v) is 19.1. The number of nitrogens with zero attached hydrogens (tertiary/aromatic N) is 5. The number of para-hydroxylation sites is 1. The second-order valence-corrected chi connectivity index (χ2v) is 14.9. The molecule has 11 aromatic rings. The zero-order valence-electron chi connectivity index (χ0n) is 30.0. The lowest BCUT2D eigenvalue weighted by molar-refractivity contribution is 0.796. The second-order valence-electron chi connectivity index (χ2n) is 14.9. The van der Waals surface area contributed by atoms with Gasteiger partial charge < -0.3 is 0 Å². The lowest BCUT2D eigenvalue weighted by atomic mass is 9.70. The maximum atomic E-state index is 5.53. The molecule has 0 unspecified atom stereocenters. The monoisotopic (exact) mass is 711 g/mol. The third kappa shape index (κ3) is 3.65. The highest BCUT2D eigenvalue weighted by molar-refractivity contribution is 6.27. The Morgan fingerprint density at radius 3 is 1.88 bits per heavy atom. The van der Waals surface area contributed by atoms with Gasteiger partial charge in [0.2, 0.25) is 5.95 Å². The van der Waals surface area contributed by atoms with Gasteiger partial charge in [0.1, 0.15) is 11.2 Å². The van der Waals surface area contributed by atoms with Crippen LogP contribution in [0.4, 0.5) is 0 Å². The van der Waals surface area contributed by atoms with E-state index in [9.17, 15) is 0 Å². The fourth-order valence-electron chi connectivity index (χ4n) is 10.2. The van der Waals surface area contributed by atoms with E-state index >= 15 is 0 Å². The van der Waals surface area contributed by atoms with Crippen molar-refractivity contribution in [2.45, 2.75) is 5.41 Å². The van der Waals surface area contributed by atoms with Crippen molar-refractivity contribution in [3.63, 3.8) is 0 Å². The molecule has 8 aromatic carbocycles. The molecule has 0 atom stereocenters. The highest BCUT2D eigenvalue weighted by Crippen LogP contribution is 2.66. The number of aromatic nitrogens is 5. The summed E-state index contributed by atoms with van der Waals surface area (Å²) in [6, 6.07) is 59.6. The van der Waals surface area contributed by atoms with Crippen molar-refractivity contribution in [3.8, 4) is 39.5 Å². The summed E-state index contributed by atoms with van der Waals surface area (Å²) >= 11 is 0. The lowest BCUT2D eigenvalue weighted by Crippen LogP contribution is -2.26. The third-order valence-electron chi connectivity index (χ3n) is 12.3. The molecule has 5 heteroatoms. The Labute approximate surface area is 321 Å². The molecule has 0 amide bonds. The molecule has 5 nitrogen and oxygen atoms in total. The van der Waals surface area contributed by atoms with Crippen LogP contribution in [0.25, 0.3) is 94.0 Å². The van der Waals surface area contributed by atoms with Gasteiger partial charge in [-0.15, -0.1) is 0 Å². The molecule has 13 rings (SSSR count). The summed E-state index contributed by atoms with van der Waals surface area (Å²) in [6.45, 7) is 0. The number of rotatable bonds is 2. The second kappa shape index (κ2) is 10.8. The van der Waals surface area contributed by atoms with E-state index in [1.54, 1.807) is 12.4 Å². The van der Waals surface area contributed by atoms with Crippen molar-refractivity contribution in [3.05, 3.63) is 198 Å². The van der Waals surface area contributed by atoms with E-state index in [4.69, 9.17) is 19.9 Å². The Bertz CT molecular complexity index is 3460. The maximum absolute atomic E-state index is 5.53. The molecule has 0 radical (unpaired) electrons. The van der Waals surface area contributed by atoms with Crippen LogP contribution < -0.4 is 0 Å². The average Bonchev–Trinajstić information content (AvgIpc) is 3.88. The van der Waals surface area contributed by atoms with E-state index in [0.29, 0.717) is 17.1 Å². The maximum Gasteiger partial charge on any atom is 0.237 e. The Morgan fingerprint density at radius 1 is 0.482 bits per heavy atom. The predicted molar refractivity (Wildman–Crippen MR) is 226 cm³/mol. The number of fused-ring (bicyclic) bond motifs is 19. The summed E-state index contributed by atoms with van der Waals surface area (Å²) in [4.78, 5) is 20.5. The van der Waals surface area contributed by atoms with Crippen LogP contribution in [0.1, 0.15) is 22.3 Å². The van der Waals surface area contributed by atoms with Crippen molar-refractivity contribution in [1.29, 1.82) is 0 Å². The zero-order chi connectivity index (χ0) is 36.5. The zero-order valence-corrected chi connectivity index (χ0v) is 30.0. The van der Waals surface area contributed by atoms with Gasteiger partial charge in [-0.25, -0.2) is 15.0 Å². The molecular formula is C51H29N5. The van der Waals surface area contributed by atoms with Crippen LogP contribution in [0.2, 0.25) is 0 Å². The van der Waals surface area contributed by atoms with Gasteiger partial charge in [0.15, 0.2) is 5.65 Å². The molecule has 0 bridgehead atoms. The SMILES string of the molecule is c1ccc2c(c1)-c1ccccc1C21c2ccccc2-c2c1c1c(c3ccccc23)c2ccccc2n1-c1nc(-c2ccc3ccccc3c2)c2nccnc2n1. The lowest BCUT2D eigenvalue weighted by Gasteiger charge is -2.31. The third-order valence-corrected chi connectivity index (χ3v) is 12.3. The Kier molecular flexibility index (Phi) is 5.77. The summed E-state index contributed by atoms with van der Waals surface area (Å²) in [5, 5.41) is 7.11. The smallest absolute Gasteiger partial charge is 0.237 e. The van der Waals surface area contributed by atoms with E-state index in [0.717, 1.165) is 33.1 Å². The van der Waals surface area contributed by atoms with E-state index in [1.807, 2.05) is 0 Å². The normalized spacial score (nSPS) is 13.5. The first-order valence-electron chi connectivity index (χ1n) is 19.1. The molecule has 0 N–H and O–H groups in total. The minimum absolute atomic E-state index is 0.554. The average molecular weight is 712 g/mol. The molecule has 3 heterocycles. The fourth-order valence-corrected chi connectivity index (χ4v) is 10.2. The molecule has 3 aromatic heterocycles. The van der Waals surface area contributed by atoms with Crippen molar-refractivity contribution in [1.82, 2.24) is 24.5 Å². The minimum Gasteiger partial charge on any atom is -0.277 e. The molecule has 0 saturated heterocycles. The largest absolute Gasteiger partial charge is 0.277 e. The summed E-state index contributed by atoms with van der Waals surface area (Å²) in [5.41, 5.74) is 14.7. The molecule has 1 spiro atoms. The number of benzene rings is 8. The molecule has 2 aliphatic rings. The molecule has 56 heavy (non-hydrogen) atoms. The topological polar surface area (TPSA) is 56.5 Å². The summed E-state index contributed by atoms with van der Waals surface area (Å²) in [5.74, 6) is 0.565. The predicted octanol–water partition coefficient (Wildman–Crippen LogP) is 11.8. The standard InChI is InChI=1S/C51H29N5/c1-2-14-31-29-32(26-25-30(31)13-1)46-47-49(53-28-27-52-47)55-50(54-46)56-42-24-12-8-20-38(42)44-36-18-4-3-17-35(36)43-37-19-7-11-23-41(37)51(45(43)48(44)56)39-21-9-5-15-33(39)34-16-6-10-22-40(34)51/h1-29H. The van der Waals surface area contributed by atoms with Crippen LogP contribution in [0.5, 0.6) is 0 Å². The van der Waals surface area contributed by atoms with Crippen LogP contribution in [-0.2, 0) is 5.41 Å². The van der Waals surface area contributed by atoms with Crippen molar-refractivity contribution >= 4 is 54.5 Å². The van der Waals surface area contributed by atoms with Crippen LogP contribution >= 0.6 is 0 Å². The molecule has 2 aliphatic carbocycles. The van der Waals surface area contributed by atoms with Crippen LogP contribution in [0.3, 0.4) is 0 Å². The van der Waals surface area contributed by atoms with Gasteiger partial charge in [0, 0.05) is 34.3 Å². The van der Waals surface area contributed by atoms with Gasteiger partial charge in [-0.2, -0.15) is 4.98 Å². The Balaban J connectivity index is 1.26. The minimum atomic E-state index is -0.592. The molecule has 258 valence electrons. The molecule has 0 saturated carbocycles. The Hall–Kier alpha value is -7.50. The van der Waals surface area contributed by atoms with E-state index in [2.05, 4.69) is 168 Å². The van der Waals surface area contributed by atoms with Gasteiger partial charge in [-0.3, -0.25) is 4.57 Å². The molecule has 0 aliphatic heterocycles. The van der Waals surface area contributed by atoms with Crippen LogP contribution in [0, 0.1) is 0 Å². The van der Waals surface area contributed by atoms with Crippen LogP contribution in [0.15, 0.2) is 176 Å². The summed E-state index contributed by atoms with van der Waals surface area (Å²) < 4.78 is 2.33.